The molecule has 1 heterocycles. The van der Waals surface area contributed by atoms with E-state index in [-0.39, 0.29) is 5.97 Å². The molecule has 0 atom stereocenters. The third kappa shape index (κ3) is 3.23. The third-order valence-corrected chi connectivity index (χ3v) is 1.88. The number of carbonyl (C=O) groups excluding carboxylic acids is 1. The maximum Gasteiger partial charge on any atom is 0.340 e. The van der Waals surface area contributed by atoms with Crippen LogP contribution in [-0.4, -0.2) is 24.1 Å². The normalized spacial score (nSPS) is 9.73. The molecule has 4 heteroatoms. The van der Waals surface area contributed by atoms with Gasteiger partial charge in [-0.15, -0.1) is 0 Å². The summed E-state index contributed by atoms with van der Waals surface area (Å²) in [4.78, 5) is 15.5. The number of esters is 1. The summed E-state index contributed by atoms with van der Waals surface area (Å²) < 4.78 is 4.94. The second kappa shape index (κ2) is 6.01. The van der Waals surface area contributed by atoms with E-state index in [2.05, 4.69) is 17.2 Å². The fourth-order valence-electron chi connectivity index (χ4n) is 1.18. The van der Waals surface area contributed by atoms with Gasteiger partial charge < -0.3 is 10.1 Å². The van der Waals surface area contributed by atoms with Gasteiger partial charge in [0, 0.05) is 12.7 Å². The summed E-state index contributed by atoms with van der Waals surface area (Å²) >= 11 is 0. The standard InChI is InChI=1S/C11H16N2O2/c1-3-6-13-10-8-12-7-5-9(10)11(14)15-4-2/h5,7-8,13H,3-4,6H2,1-2H3. The van der Waals surface area contributed by atoms with E-state index in [0.717, 1.165) is 18.7 Å². The lowest BCUT2D eigenvalue weighted by atomic mass is 10.2. The van der Waals surface area contributed by atoms with Crippen LogP contribution in [-0.2, 0) is 4.74 Å². The van der Waals surface area contributed by atoms with E-state index in [9.17, 15) is 4.79 Å². The number of nitrogens with zero attached hydrogens (tertiary/aromatic N) is 1. The lowest BCUT2D eigenvalue weighted by molar-refractivity contribution is 0.0527. The summed E-state index contributed by atoms with van der Waals surface area (Å²) in [5, 5.41) is 3.14. The zero-order chi connectivity index (χ0) is 11.1. The Morgan fingerprint density at radius 3 is 3.00 bits per heavy atom. The van der Waals surface area contributed by atoms with E-state index < -0.39 is 0 Å². The third-order valence-electron chi connectivity index (χ3n) is 1.88. The molecule has 0 aliphatic rings. The molecule has 0 saturated heterocycles. The van der Waals surface area contributed by atoms with Crippen LogP contribution < -0.4 is 5.32 Å². The largest absolute Gasteiger partial charge is 0.462 e. The fraction of sp³-hybridized carbons (Fsp3) is 0.455. The van der Waals surface area contributed by atoms with E-state index in [1.54, 1.807) is 25.4 Å². The Morgan fingerprint density at radius 1 is 1.53 bits per heavy atom. The van der Waals surface area contributed by atoms with Gasteiger partial charge in [0.1, 0.15) is 0 Å². The molecule has 0 fully saturated rings. The molecule has 1 aromatic heterocycles. The number of pyridine rings is 1. The van der Waals surface area contributed by atoms with Crippen molar-refractivity contribution in [2.24, 2.45) is 0 Å². The number of ether oxygens (including phenoxy) is 1. The van der Waals surface area contributed by atoms with Crippen LogP contribution in [0.25, 0.3) is 0 Å². The van der Waals surface area contributed by atoms with Crippen LogP contribution in [0.1, 0.15) is 30.6 Å². The summed E-state index contributed by atoms with van der Waals surface area (Å²) in [7, 11) is 0. The molecule has 0 aliphatic heterocycles. The van der Waals surface area contributed by atoms with Crippen molar-refractivity contribution in [1.82, 2.24) is 4.98 Å². The number of rotatable bonds is 5. The molecule has 1 aromatic rings. The highest BCUT2D eigenvalue weighted by molar-refractivity contribution is 5.95. The number of anilines is 1. The van der Waals surface area contributed by atoms with Gasteiger partial charge in [-0.2, -0.15) is 0 Å². The molecule has 1 rings (SSSR count). The van der Waals surface area contributed by atoms with Crippen molar-refractivity contribution in [3.63, 3.8) is 0 Å². The van der Waals surface area contributed by atoms with Gasteiger partial charge in [0.2, 0.25) is 0 Å². The van der Waals surface area contributed by atoms with Gasteiger partial charge in [0.05, 0.1) is 24.1 Å². The second-order valence-electron chi connectivity index (χ2n) is 3.07. The van der Waals surface area contributed by atoms with E-state index >= 15 is 0 Å². The predicted molar refractivity (Wildman–Crippen MR) is 59.0 cm³/mol. The summed E-state index contributed by atoms with van der Waals surface area (Å²) in [6, 6.07) is 1.66. The number of hydrogen-bond donors (Lipinski definition) is 1. The van der Waals surface area contributed by atoms with Crippen molar-refractivity contribution >= 4 is 11.7 Å². The Bertz CT molecular complexity index is 326. The monoisotopic (exact) mass is 208 g/mol. The fourth-order valence-corrected chi connectivity index (χ4v) is 1.18. The summed E-state index contributed by atoms with van der Waals surface area (Å²) in [5.74, 6) is -0.307. The maximum atomic E-state index is 11.5. The van der Waals surface area contributed by atoms with Crippen LogP contribution in [0.3, 0.4) is 0 Å². The van der Waals surface area contributed by atoms with E-state index in [0.29, 0.717) is 12.2 Å². The average Bonchev–Trinajstić information content (AvgIpc) is 2.27. The first-order valence-corrected chi connectivity index (χ1v) is 5.14. The van der Waals surface area contributed by atoms with Crippen LogP contribution in [0.4, 0.5) is 5.69 Å². The van der Waals surface area contributed by atoms with Gasteiger partial charge in [-0.05, 0) is 19.4 Å². The number of hydrogen-bond acceptors (Lipinski definition) is 4. The summed E-state index contributed by atoms with van der Waals surface area (Å²) in [5.41, 5.74) is 1.28. The SMILES string of the molecule is CCCNc1cnccc1C(=O)OCC. The van der Waals surface area contributed by atoms with Crippen LogP contribution in [0.5, 0.6) is 0 Å². The molecule has 0 radical (unpaired) electrons. The number of nitrogens with one attached hydrogen (secondary N) is 1. The smallest absolute Gasteiger partial charge is 0.340 e. The number of carbonyl (C=O) groups is 1. The van der Waals surface area contributed by atoms with Gasteiger partial charge in [0.25, 0.3) is 0 Å². The molecule has 0 saturated carbocycles. The first kappa shape index (κ1) is 11.5. The van der Waals surface area contributed by atoms with Gasteiger partial charge >= 0.3 is 5.97 Å². The molecule has 15 heavy (non-hydrogen) atoms. The molecular weight excluding hydrogens is 192 g/mol. The lowest BCUT2D eigenvalue weighted by Gasteiger charge is -2.09. The van der Waals surface area contributed by atoms with Crippen LogP contribution >= 0.6 is 0 Å². The van der Waals surface area contributed by atoms with Gasteiger partial charge in [-0.3, -0.25) is 4.98 Å². The highest BCUT2D eigenvalue weighted by Crippen LogP contribution is 2.14. The molecule has 0 bridgehead atoms. The molecule has 0 aliphatic carbocycles. The first-order valence-electron chi connectivity index (χ1n) is 5.14. The molecule has 4 nitrogen and oxygen atoms in total. The Hall–Kier alpha value is -1.58. The highest BCUT2D eigenvalue weighted by Gasteiger charge is 2.11. The maximum absolute atomic E-state index is 11.5. The molecular formula is C11H16N2O2. The van der Waals surface area contributed by atoms with Gasteiger partial charge in [-0.1, -0.05) is 6.92 Å². The van der Waals surface area contributed by atoms with Crippen molar-refractivity contribution in [3.05, 3.63) is 24.0 Å². The van der Waals surface area contributed by atoms with Crippen molar-refractivity contribution < 1.29 is 9.53 Å². The van der Waals surface area contributed by atoms with E-state index in [1.807, 2.05) is 0 Å². The van der Waals surface area contributed by atoms with Gasteiger partial charge in [0.15, 0.2) is 0 Å². The van der Waals surface area contributed by atoms with Crippen LogP contribution in [0, 0.1) is 0 Å². The van der Waals surface area contributed by atoms with Crippen molar-refractivity contribution in [1.29, 1.82) is 0 Å². The summed E-state index contributed by atoms with van der Waals surface area (Å²) in [6.45, 7) is 5.05. The Balaban J connectivity index is 2.80. The van der Waals surface area contributed by atoms with Crippen LogP contribution in [0.15, 0.2) is 18.5 Å². The minimum Gasteiger partial charge on any atom is -0.462 e. The van der Waals surface area contributed by atoms with Crippen LogP contribution in [0.2, 0.25) is 0 Å². The summed E-state index contributed by atoms with van der Waals surface area (Å²) in [6.07, 6.45) is 4.22. The van der Waals surface area contributed by atoms with Crippen molar-refractivity contribution in [2.75, 3.05) is 18.5 Å². The quantitative estimate of drug-likeness (QED) is 0.753. The molecule has 1 N–H and O–H groups in total. The highest BCUT2D eigenvalue weighted by atomic mass is 16.5. The Morgan fingerprint density at radius 2 is 2.33 bits per heavy atom. The average molecular weight is 208 g/mol. The zero-order valence-corrected chi connectivity index (χ0v) is 9.12. The molecule has 82 valence electrons. The lowest BCUT2D eigenvalue weighted by Crippen LogP contribution is -2.10. The minimum absolute atomic E-state index is 0.307. The minimum atomic E-state index is -0.307. The van der Waals surface area contributed by atoms with E-state index in [4.69, 9.17) is 4.74 Å². The molecule has 0 spiro atoms. The Labute approximate surface area is 89.7 Å². The Kier molecular flexibility index (Phi) is 4.60. The second-order valence-corrected chi connectivity index (χ2v) is 3.07. The molecule has 0 amide bonds. The topological polar surface area (TPSA) is 51.2 Å². The van der Waals surface area contributed by atoms with Crippen molar-refractivity contribution in [3.8, 4) is 0 Å². The van der Waals surface area contributed by atoms with E-state index in [1.165, 1.54) is 0 Å². The predicted octanol–water partition coefficient (Wildman–Crippen LogP) is 2.08. The first-order chi connectivity index (χ1) is 7.29. The molecule has 0 unspecified atom stereocenters. The zero-order valence-electron chi connectivity index (χ0n) is 9.12. The number of aromatic nitrogens is 1. The van der Waals surface area contributed by atoms with Gasteiger partial charge in [-0.25, -0.2) is 4.79 Å². The van der Waals surface area contributed by atoms with Crippen molar-refractivity contribution in [2.45, 2.75) is 20.3 Å². The molecule has 0 aromatic carbocycles.